The van der Waals surface area contributed by atoms with Crippen LogP contribution in [0.15, 0.2) is 31.1 Å². The van der Waals surface area contributed by atoms with Gasteiger partial charge in [0.15, 0.2) is 5.69 Å². The molecule has 0 radical (unpaired) electrons. The number of carbonyl (C=O) groups is 1. The minimum absolute atomic E-state index is 0.0320. The smallest absolute Gasteiger partial charge is 0.273 e. The first kappa shape index (κ1) is 18.3. The second-order valence-electron chi connectivity index (χ2n) is 5.21. The maximum atomic E-state index is 14.1. The predicted molar refractivity (Wildman–Crippen MR) is 90.5 cm³/mol. The highest BCUT2D eigenvalue weighted by Crippen LogP contribution is 2.09. The van der Waals surface area contributed by atoms with E-state index in [1.807, 2.05) is 0 Å². The summed E-state index contributed by atoms with van der Waals surface area (Å²) in [6.07, 6.45) is 2.59. The third-order valence-electron chi connectivity index (χ3n) is 3.33. The van der Waals surface area contributed by atoms with E-state index in [-0.39, 0.29) is 24.6 Å². The molecule has 9 nitrogen and oxygen atoms in total. The molecule has 10 heteroatoms. The average Bonchev–Trinajstić information content (AvgIpc) is 3.09. The Bertz CT molecular complexity index is 687. The Labute approximate surface area is 144 Å². The van der Waals surface area contributed by atoms with Crippen molar-refractivity contribution in [3.05, 3.63) is 42.5 Å². The van der Waals surface area contributed by atoms with Crippen molar-refractivity contribution in [2.45, 2.75) is 25.6 Å². The summed E-state index contributed by atoms with van der Waals surface area (Å²) < 4.78 is 15.4. The van der Waals surface area contributed by atoms with Crippen molar-refractivity contribution in [3.63, 3.8) is 0 Å². The van der Waals surface area contributed by atoms with E-state index in [2.05, 4.69) is 43.0 Å². The first-order valence-electron chi connectivity index (χ1n) is 7.79. The number of anilines is 1. The van der Waals surface area contributed by atoms with Gasteiger partial charge in [0.05, 0.1) is 25.1 Å². The topological polar surface area (TPSA) is 110 Å². The minimum Gasteiger partial charge on any atom is -0.374 e. The van der Waals surface area contributed by atoms with E-state index < -0.39 is 6.17 Å². The zero-order valence-electron chi connectivity index (χ0n) is 13.9. The fourth-order valence-electron chi connectivity index (χ4n) is 2.02. The Morgan fingerprint density at radius 3 is 2.92 bits per heavy atom. The maximum Gasteiger partial charge on any atom is 0.273 e. The number of aromatic nitrogens is 5. The zero-order chi connectivity index (χ0) is 18.1. The lowest BCUT2D eigenvalue weighted by Crippen LogP contribution is -2.18. The first-order valence-corrected chi connectivity index (χ1v) is 7.79. The van der Waals surface area contributed by atoms with Gasteiger partial charge in [0, 0.05) is 7.05 Å². The highest BCUT2D eigenvalue weighted by Gasteiger charge is 2.13. The number of alkyl halides is 1. The molecule has 25 heavy (non-hydrogen) atoms. The molecule has 1 atom stereocenters. The Morgan fingerprint density at radius 1 is 1.40 bits per heavy atom. The molecule has 2 rings (SSSR count). The molecule has 0 aliphatic carbocycles. The average molecular weight is 348 g/mol. The summed E-state index contributed by atoms with van der Waals surface area (Å²) in [6.45, 7) is 4.07. The lowest BCUT2D eigenvalue weighted by molar-refractivity contribution is 0.0958. The number of nitrogens with one attached hydrogen (secondary N) is 3. The Kier molecular flexibility index (Phi) is 6.81. The summed E-state index contributed by atoms with van der Waals surface area (Å²) in [4.78, 5) is 11.4. The highest BCUT2D eigenvalue weighted by molar-refractivity contribution is 5.91. The fourth-order valence-corrected chi connectivity index (χ4v) is 2.02. The highest BCUT2D eigenvalue weighted by atomic mass is 19.1. The van der Waals surface area contributed by atoms with E-state index in [1.54, 1.807) is 18.3 Å². The van der Waals surface area contributed by atoms with Crippen LogP contribution in [0.4, 0.5) is 10.2 Å². The van der Waals surface area contributed by atoms with Crippen LogP contribution in [-0.2, 0) is 13.0 Å². The molecule has 134 valence electrons. The molecular weight excluding hydrogens is 327 g/mol. The van der Waals surface area contributed by atoms with E-state index in [1.165, 1.54) is 17.9 Å². The Morgan fingerprint density at radius 2 is 2.24 bits per heavy atom. The van der Waals surface area contributed by atoms with E-state index in [4.69, 9.17) is 0 Å². The molecule has 0 aliphatic rings. The number of hydrogen-bond acceptors (Lipinski definition) is 7. The van der Waals surface area contributed by atoms with E-state index in [0.29, 0.717) is 24.6 Å². The number of amides is 1. The Hall–Kier alpha value is -3.04. The number of hydrogen-bond donors (Lipinski definition) is 3. The number of rotatable bonds is 10. The van der Waals surface area contributed by atoms with Gasteiger partial charge in [-0.3, -0.25) is 4.79 Å². The lowest BCUT2D eigenvalue weighted by Gasteiger charge is -2.08. The van der Waals surface area contributed by atoms with Gasteiger partial charge in [-0.2, -0.15) is 5.10 Å². The van der Waals surface area contributed by atoms with Gasteiger partial charge in [0.1, 0.15) is 12.0 Å². The van der Waals surface area contributed by atoms with Gasteiger partial charge < -0.3 is 16.0 Å². The van der Waals surface area contributed by atoms with Crippen LogP contribution < -0.4 is 16.0 Å². The molecule has 0 aromatic carbocycles. The molecule has 2 heterocycles. The van der Waals surface area contributed by atoms with Gasteiger partial charge >= 0.3 is 0 Å². The van der Waals surface area contributed by atoms with Crippen LogP contribution in [0, 0.1) is 0 Å². The van der Waals surface area contributed by atoms with Crippen molar-refractivity contribution in [1.82, 2.24) is 35.8 Å². The van der Waals surface area contributed by atoms with Crippen LogP contribution in [0.25, 0.3) is 0 Å². The molecule has 0 fully saturated rings. The molecule has 2 aromatic rings. The van der Waals surface area contributed by atoms with Crippen molar-refractivity contribution in [3.8, 4) is 0 Å². The number of aryl methyl sites for hydroxylation is 1. The number of carbonyl (C=O) groups excluding carboxylic acids is 1. The van der Waals surface area contributed by atoms with Gasteiger partial charge in [0.25, 0.3) is 5.91 Å². The second-order valence-corrected chi connectivity index (χ2v) is 5.21. The van der Waals surface area contributed by atoms with Crippen LogP contribution in [0.2, 0.25) is 0 Å². The van der Waals surface area contributed by atoms with Crippen molar-refractivity contribution >= 4 is 11.7 Å². The monoisotopic (exact) mass is 348 g/mol. The quantitative estimate of drug-likeness (QED) is 0.424. The molecule has 0 bridgehead atoms. The summed E-state index contributed by atoms with van der Waals surface area (Å²) in [7, 11) is 1.50. The maximum absolute atomic E-state index is 14.1. The SMILES string of the molecule is C=CNCNc1ccc(CCC(F)Cn2cc(C(=O)NC)nn2)nn1. The molecule has 1 amide bonds. The molecule has 1 unspecified atom stereocenters. The molecule has 0 aliphatic heterocycles. The van der Waals surface area contributed by atoms with Crippen molar-refractivity contribution in [2.24, 2.45) is 0 Å². The summed E-state index contributed by atoms with van der Waals surface area (Å²) in [6, 6.07) is 3.59. The summed E-state index contributed by atoms with van der Waals surface area (Å²) in [5.41, 5.74) is 0.865. The second kappa shape index (κ2) is 9.30. The van der Waals surface area contributed by atoms with Crippen molar-refractivity contribution in [2.75, 3.05) is 19.0 Å². The third-order valence-corrected chi connectivity index (χ3v) is 3.33. The fraction of sp³-hybridized carbons (Fsp3) is 0.400. The van der Waals surface area contributed by atoms with Crippen molar-refractivity contribution in [1.29, 1.82) is 0 Å². The molecule has 3 N–H and O–H groups in total. The molecule has 0 spiro atoms. The number of halogens is 1. The van der Waals surface area contributed by atoms with Crippen LogP contribution in [-0.4, -0.2) is 51.0 Å². The van der Waals surface area contributed by atoms with Gasteiger partial charge in [-0.1, -0.05) is 11.8 Å². The van der Waals surface area contributed by atoms with E-state index in [0.717, 1.165) is 0 Å². The van der Waals surface area contributed by atoms with E-state index >= 15 is 0 Å². The van der Waals surface area contributed by atoms with E-state index in [9.17, 15) is 9.18 Å². The zero-order valence-corrected chi connectivity index (χ0v) is 13.9. The predicted octanol–water partition coefficient (Wildman–Crippen LogP) is 0.501. The lowest BCUT2D eigenvalue weighted by atomic mass is 10.1. The normalized spacial score (nSPS) is 11.6. The van der Waals surface area contributed by atoms with Gasteiger partial charge in [-0.15, -0.1) is 10.2 Å². The molecule has 0 saturated carbocycles. The first-order chi connectivity index (χ1) is 12.1. The minimum atomic E-state index is -1.13. The molecule has 2 aromatic heterocycles. The van der Waals surface area contributed by atoms with Crippen LogP contribution >= 0.6 is 0 Å². The van der Waals surface area contributed by atoms with Crippen LogP contribution in [0.3, 0.4) is 0 Å². The summed E-state index contributed by atoms with van der Waals surface area (Å²) >= 11 is 0. The van der Waals surface area contributed by atoms with Crippen LogP contribution in [0.1, 0.15) is 22.6 Å². The number of nitrogens with zero attached hydrogens (tertiary/aromatic N) is 5. The van der Waals surface area contributed by atoms with Crippen LogP contribution in [0.5, 0.6) is 0 Å². The molecule has 0 saturated heterocycles. The van der Waals surface area contributed by atoms with Gasteiger partial charge in [0.2, 0.25) is 0 Å². The van der Waals surface area contributed by atoms with Gasteiger partial charge in [-0.25, -0.2) is 9.07 Å². The summed E-state index contributed by atoms with van der Waals surface area (Å²) in [5, 5.41) is 23.8. The largest absolute Gasteiger partial charge is 0.374 e. The van der Waals surface area contributed by atoms with Crippen molar-refractivity contribution < 1.29 is 9.18 Å². The summed E-state index contributed by atoms with van der Waals surface area (Å²) in [5.74, 6) is 0.271. The standard InChI is InChI=1S/C15H21FN8O/c1-3-18-10-19-14-7-6-12(20-22-14)5-4-11(16)8-24-9-13(21-23-24)15(25)17-2/h3,6-7,9,11,18H,1,4-5,8,10H2,2H3,(H,17,25)(H,19,22). The Balaban J connectivity index is 1.77. The molecular formula is C15H21FN8O. The third kappa shape index (κ3) is 5.83. The van der Waals surface area contributed by atoms with Gasteiger partial charge in [-0.05, 0) is 31.2 Å².